The molecule has 0 bridgehead atoms. The van der Waals surface area contributed by atoms with Crippen molar-refractivity contribution >= 4 is 11.9 Å². The van der Waals surface area contributed by atoms with Gasteiger partial charge in [-0.25, -0.2) is 0 Å². The van der Waals surface area contributed by atoms with E-state index < -0.39 is 11.9 Å². The lowest BCUT2D eigenvalue weighted by molar-refractivity contribution is -0.301. The topological polar surface area (TPSA) is 99.4 Å². The first-order valence-corrected chi connectivity index (χ1v) is 7.26. The molecule has 1 heterocycles. The highest BCUT2D eigenvalue weighted by atomic mass is 16.5. The van der Waals surface area contributed by atoms with Crippen LogP contribution in [0, 0.1) is 12.8 Å². The van der Waals surface area contributed by atoms with Gasteiger partial charge in [0.05, 0.1) is 0 Å². The van der Waals surface area contributed by atoms with E-state index in [0.717, 1.165) is 11.1 Å². The molecule has 1 amide bonds. The maximum absolute atomic E-state index is 11.8. The molecule has 1 aromatic carbocycles. The van der Waals surface area contributed by atoms with Crippen LogP contribution in [0.4, 0.5) is 0 Å². The van der Waals surface area contributed by atoms with Crippen LogP contribution in [0.15, 0.2) is 28.8 Å². The molecule has 0 fully saturated rings. The average molecular weight is 316 g/mol. The number of hydrogen-bond donors (Lipinski definition) is 0. The Hall–Kier alpha value is -2.70. The summed E-state index contributed by atoms with van der Waals surface area (Å²) in [7, 11) is 0. The van der Waals surface area contributed by atoms with Gasteiger partial charge in [0.25, 0.3) is 5.91 Å². The molecule has 0 aliphatic rings. The van der Waals surface area contributed by atoms with Crippen molar-refractivity contribution in [2.45, 2.75) is 27.3 Å². The Labute approximate surface area is 133 Å². The second-order valence-electron chi connectivity index (χ2n) is 5.70. The highest BCUT2D eigenvalue weighted by Gasteiger charge is 2.17. The summed E-state index contributed by atoms with van der Waals surface area (Å²) in [5.41, 5.74) is 1.52. The summed E-state index contributed by atoms with van der Waals surface area (Å²) in [6.45, 7) is 6.03. The molecule has 23 heavy (non-hydrogen) atoms. The third-order valence-corrected chi connectivity index (χ3v) is 3.13. The molecule has 0 aliphatic heterocycles. The van der Waals surface area contributed by atoms with E-state index in [4.69, 9.17) is 4.52 Å². The highest BCUT2D eigenvalue weighted by molar-refractivity contribution is 6.30. The lowest BCUT2D eigenvalue weighted by atomic mass is 10.1. The van der Waals surface area contributed by atoms with Crippen LogP contribution in [-0.2, 0) is 16.1 Å². The van der Waals surface area contributed by atoms with Gasteiger partial charge in [0.1, 0.15) is 5.97 Å². The molecule has 0 saturated heterocycles. The number of aryl methyl sites for hydroxylation is 1. The number of rotatable bonds is 5. The van der Waals surface area contributed by atoms with Crippen LogP contribution in [0.5, 0.6) is 0 Å². The maximum Gasteiger partial charge on any atom is 0.269 e. The lowest BCUT2D eigenvalue weighted by Crippen LogP contribution is -2.45. The predicted octanol–water partition coefficient (Wildman–Crippen LogP) is 0.780. The monoisotopic (exact) mass is 316 g/mol. The average Bonchev–Trinajstić information content (AvgIpc) is 2.92. The summed E-state index contributed by atoms with van der Waals surface area (Å²) in [6, 6.07) is 7.24. The number of carboxylic acids is 1. The summed E-state index contributed by atoms with van der Waals surface area (Å²) in [4.78, 5) is 28.0. The van der Waals surface area contributed by atoms with E-state index in [2.05, 4.69) is 10.1 Å². The number of benzene rings is 1. The fourth-order valence-corrected chi connectivity index (χ4v) is 2.23. The van der Waals surface area contributed by atoms with Gasteiger partial charge in [0, 0.05) is 25.6 Å². The Bertz CT molecular complexity index is 709. The molecule has 0 N–H and O–H groups in total. The van der Waals surface area contributed by atoms with E-state index in [1.807, 2.05) is 26.0 Å². The van der Waals surface area contributed by atoms with E-state index in [1.165, 1.54) is 4.90 Å². The second-order valence-corrected chi connectivity index (χ2v) is 5.70. The van der Waals surface area contributed by atoms with Crippen LogP contribution < -0.4 is 5.11 Å². The Balaban J connectivity index is 2.23. The molecule has 0 spiro atoms. The molecular formula is C16H18N3O4-. The van der Waals surface area contributed by atoms with Crippen molar-refractivity contribution in [2.75, 3.05) is 6.54 Å². The van der Waals surface area contributed by atoms with Crippen LogP contribution in [-0.4, -0.2) is 33.5 Å². The Morgan fingerprint density at radius 1 is 1.35 bits per heavy atom. The zero-order chi connectivity index (χ0) is 17.0. The summed E-state index contributed by atoms with van der Waals surface area (Å²) in [6.07, 6.45) is 0. The molecule has 2 aromatic rings. The molecule has 1 aromatic heterocycles. The predicted molar refractivity (Wildman–Crippen MR) is 79.7 cm³/mol. The number of aliphatic carboxylic acids is 1. The largest absolute Gasteiger partial charge is 0.540 e. The third-order valence-electron chi connectivity index (χ3n) is 3.13. The molecule has 0 atom stereocenters. The zero-order valence-corrected chi connectivity index (χ0v) is 13.3. The van der Waals surface area contributed by atoms with Crippen molar-refractivity contribution in [3.05, 3.63) is 35.7 Å². The van der Waals surface area contributed by atoms with Crippen molar-refractivity contribution in [1.29, 1.82) is 0 Å². The third kappa shape index (κ3) is 4.38. The lowest BCUT2D eigenvalue weighted by Gasteiger charge is -2.25. The van der Waals surface area contributed by atoms with Crippen molar-refractivity contribution in [2.24, 2.45) is 5.92 Å². The van der Waals surface area contributed by atoms with E-state index in [-0.39, 0.29) is 12.5 Å². The number of aromatic nitrogens is 2. The summed E-state index contributed by atoms with van der Waals surface area (Å²) < 4.78 is 4.95. The SMILES string of the molecule is Cc1nc(-c2cccc(CN(CC(C)C)C(=O)C(=O)[O-])c2)no1. The molecule has 2 rings (SSSR count). The van der Waals surface area contributed by atoms with Gasteiger partial charge in [-0.05, 0) is 17.5 Å². The van der Waals surface area contributed by atoms with Crippen LogP contribution in [0.2, 0.25) is 0 Å². The zero-order valence-electron chi connectivity index (χ0n) is 13.3. The summed E-state index contributed by atoms with van der Waals surface area (Å²) >= 11 is 0. The maximum atomic E-state index is 11.8. The van der Waals surface area contributed by atoms with E-state index >= 15 is 0 Å². The van der Waals surface area contributed by atoms with Gasteiger partial charge in [-0.1, -0.05) is 37.2 Å². The standard InChI is InChI=1S/C16H19N3O4/c1-10(2)8-19(15(20)16(21)22)9-12-5-4-6-13(7-12)14-17-11(3)23-18-14/h4-7,10H,8-9H2,1-3H3,(H,21,22)/p-1. The normalized spacial score (nSPS) is 10.8. The van der Waals surface area contributed by atoms with Crippen LogP contribution >= 0.6 is 0 Å². The van der Waals surface area contributed by atoms with Crippen LogP contribution in [0.25, 0.3) is 11.4 Å². The molecule has 0 radical (unpaired) electrons. The first-order chi connectivity index (χ1) is 10.9. The number of carboxylic acid groups (broad SMARTS) is 1. The number of carbonyl (C=O) groups excluding carboxylic acids is 2. The first kappa shape index (κ1) is 16.7. The molecule has 7 heteroatoms. The highest BCUT2D eigenvalue weighted by Crippen LogP contribution is 2.18. The number of hydrogen-bond acceptors (Lipinski definition) is 6. The minimum Gasteiger partial charge on any atom is -0.540 e. The van der Waals surface area contributed by atoms with Gasteiger partial charge in [0.2, 0.25) is 11.7 Å². The van der Waals surface area contributed by atoms with Gasteiger partial charge in [-0.15, -0.1) is 0 Å². The molecule has 0 unspecified atom stereocenters. The number of carbonyl (C=O) groups is 2. The second kappa shape index (κ2) is 7.04. The smallest absolute Gasteiger partial charge is 0.269 e. The van der Waals surface area contributed by atoms with Gasteiger partial charge in [0.15, 0.2) is 0 Å². The molecular weight excluding hydrogens is 298 g/mol. The molecule has 7 nitrogen and oxygen atoms in total. The Kier molecular flexibility index (Phi) is 5.10. The van der Waals surface area contributed by atoms with Crippen LogP contribution in [0.1, 0.15) is 25.3 Å². The Morgan fingerprint density at radius 3 is 2.65 bits per heavy atom. The van der Waals surface area contributed by atoms with E-state index in [9.17, 15) is 14.7 Å². The molecule has 122 valence electrons. The number of nitrogens with zero attached hydrogens (tertiary/aromatic N) is 3. The van der Waals surface area contributed by atoms with Gasteiger partial charge in [-0.3, -0.25) is 4.79 Å². The fraction of sp³-hybridized carbons (Fsp3) is 0.375. The molecule has 0 aliphatic carbocycles. The van der Waals surface area contributed by atoms with Gasteiger partial charge < -0.3 is 19.3 Å². The molecule has 0 saturated carbocycles. The first-order valence-electron chi connectivity index (χ1n) is 7.26. The minimum absolute atomic E-state index is 0.140. The van der Waals surface area contributed by atoms with Gasteiger partial charge in [-0.2, -0.15) is 4.98 Å². The quantitative estimate of drug-likeness (QED) is 0.756. The summed E-state index contributed by atoms with van der Waals surface area (Å²) in [5, 5.41) is 14.7. The van der Waals surface area contributed by atoms with E-state index in [1.54, 1.807) is 19.1 Å². The van der Waals surface area contributed by atoms with Crippen molar-refractivity contribution in [1.82, 2.24) is 15.0 Å². The number of amides is 1. The van der Waals surface area contributed by atoms with Crippen molar-refractivity contribution in [3.63, 3.8) is 0 Å². The van der Waals surface area contributed by atoms with Crippen molar-refractivity contribution < 1.29 is 19.2 Å². The van der Waals surface area contributed by atoms with Crippen LogP contribution in [0.3, 0.4) is 0 Å². The summed E-state index contributed by atoms with van der Waals surface area (Å²) in [5.74, 6) is -1.67. The Morgan fingerprint density at radius 2 is 2.09 bits per heavy atom. The fourth-order valence-electron chi connectivity index (χ4n) is 2.23. The van der Waals surface area contributed by atoms with E-state index in [0.29, 0.717) is 18.3 Å². The van der Waals surface area contributed by atoms with Gasteiger partial charge >= 0.3 is 0 Å². The minimum atomic E-state index is -1.70. The van der Waals surface area contributed by atoms with Crippen molar-refractivity contribution in [3.8, 4) is 11.4 Å².